The monoisotopic (exact) mass is 616 g/mol. The fraction of sp³-hybridized carbons (Fsp3) is 0.600. The van der Waals surface area contributed by atoms with E-state index in [-0.39, 0.29) is 182 Å². The second-order valence-corrected chi connectivity index (χ2v) is 6.84. The van der Waals surface area contributed by atoms with Crippen molar-refractivity contribution in [1.82, 2.24) is 0 Å². The van der Waals surface area contributed by atoms with Gasteiger partial charge in [0.15, 0.2) is 0 Å². The Morgan fingerprint density at radius 2 is 0.917 bits per heavy atom. The third-order valence-electron chi connectivity index (χ3n) is 5.19. The van der Waals surface area contributed by atoms with Gasteiger partial charge in [-0.3, -0.25) is 0 Å². The first kappa shape index (κ1) is 31.2. The summed E-state index contributed by atoms with van der Waals surface area (Å²) < 4.78 is 0. The first-order chi connectivity index (χ1) is 9.90. The SMILES string of the molecule is [Rb].[Rb].[Y].[Y].c1cc(CC2CC[CH-]CC2)ccc1CC1CC[CH-]CC1. The van der Waals surface area contributed by atoms with Gasteiger partial charge in [-0.1, -0.05) is 49.9 Å². The van der Waals surface area contributed by atoms with Gasteiger partial charge < -0.3 is 12.8 Å². The molecule has 118 valence electrons. The average molecular weight is 617 g/mol. The number of hydrogen-bond acceptors (Lipinski definition) is 0. The molecule has 4 heteroatoms. The molecule has 0 aromatic heterocycles. The van der Waals surface area contributed by atoms with Gasteiger partial charge in [0, 0.05) is 182 Å². The molecule has 2 aliphatic carbocycles. The van der Waals surface area contributed by atoms with Crippen LogP contribution in [0.25, 0.3) is 0 Å². The molecule has 0 aliphatic heterocycles. The van der Waals surface area contributed by atoms with E-state index in [0.717, 1.165) is 11.8 Å². The molecule has 1 aromatic carbocycles. The minimum atomic E-state index is 0. The van der Waals surface area contributed by atoms with Gasteiger partial charge in [0.25, 0.3) is 0 Å². The van der Waals surface area contributed by atoms with Gasteiger partial charge in [-0.25, -0.2) is 0 Å². The summed E-state index contributed by atoms with van der Waals surface area (Å²) in [6.45, 7) is 0. The van der Waals surface area contributed by atoms with Crippen LogP contribution in [0, 0.1) is 24.7 Å². The Balaban J connectivity index is 0. The molecule has 2 aliphatic rings. The van der Waals surface area contributed by atoms with Crippen LogP contribution in [0.2, 0.25) is 0 Å². The van der Waals surface area contributed by atoms with E-state index in [9.17, 15) is 0 Å². The molecule has 0 atom stereocenters. The van der Waals surface area contributed by atoms with Crippen molar-refractivity contribution in [2.45, 2.75) is 64.2 Å². The third-order valence-corrected chi connectivity index (χ3v) is 5.19. The topological polar surface area (TPSA) is 0 Å². The molecule has 0 heterocycles. The predicted molar refractivity (Wildman–Crippen MR) is 97.9 cm³/mol. The Morgan fingerprint density at radius 3 is 1.21 bits per heavy atom. The fourth-order valence-corrected chi connectivity index (χ4v) is 3.88. The smallest absolute Gasteiger partial charge is 0 e. The van der Waals surface area contributed by atoms with Crippen LogP contribution in [-0.2, 0) is 78.3 Å². The quantitative estimate of drug-likeness (QED) is 0.427. The van der Waals surface area contributed by atoms with E-state index in [1.54, 1.807) is 11.1 Å². The minimum absolute atomic E-state index is 0. The molecule has 0 bridgehead atoms. The maximum absolute atomic E-state index is 2.46. The van der Waals surface area contributed by atoms with Crippen molar-refractivity contribution in [3.8, 4) is 0 Å². The van der Waals surface area contributed by atoms with Crippen molar-refractivity contribution in [1.29, 1.82) is 0 Å². The standard InChI is InChI=1S/C20H28.2Rb.2Y/c1-3-7-17(8-4-1)15-19-11-13-20(14-12-19)16-18-9-5-2-6-10-18;;;;/h1-2,11-14,17-18H,3-10,15-16H2;;;;/q-2;;;;. The Labute approximate surface area is 298 Å². The van der Waals surface area contributed by atoms with Crippen molar-refractivity contribution >= 4 is 116 Å². The van der Waals surface area contributed by atoms with E-state index in [4.69, 9.17) is 0 Å². The Bertz CT molecular complexity index is 358. The second kappa shape index (κ2) is 18.8. The summed E-state index contributed by atoms with van der Waals surface area (Å²) in [6.07, 6.45) is 18.5. The molecule has 0 N–H and O–H groups in total. The molecule has 4 radical (unpaired) electrons. The molecule has 0 saturated heterocycles. The van der Waals surface area contributed by atoms with Gasteiger partial charge in [0.1, 0.15) is 0 Å². The number of benzene rings is 1. The predicted octanol–water partition coefficient (Wildman–Crippen LogP) is 4.79. The van der Waals surface area contributed by atoms with Crippen molar-refractivity contribution < 1.29 is 65.4 Å². The minimum Gasteiger partial charge on any atom is -0.328 e. The fourth-order valence-electron chi connectivity index (χ4n) is 3.88. The van der Waals surface area contributed by atoms with Gasteiger partial charge in [0.05, 0.1) is 0 Å². The van der Waals surface area contributed by atoms with Gasteiger partial charge in [-0.15, -0.1) is 0 Å². The molecular formula is C20H28Rb2Y2-2. The summed E-state index contributed by atoms with van der Waals surface area (Å²) in [5.41, 5.74) is 3.11. The molecule has 2 fully saturated rings. The van der Waals surface area contributed by atoms with Crippen LogP contribution in [0.3, 0.4) is 0 Å². The Morgan fingerprint density at radius 1 is 0.625 bits per heavy atom. The first-order valence-electron chi connectivity index (χ1n) is 8.61. The van der Waals surface area contributed by atoms with Crippen LogP contribution in [0.15, 0.2) is 24.3 Å². The largest absolute Gasteiger partial charge is 0.328 e. The zero-order valence-electron chi connectivity index (χ0n) is 15.8. The first-order valence-corrected chi connectivity index (χ1v) is 8.61. The summed E-state index contributed by atoms with van der Waals surface area (Å²) in [5.74, 6) is 1.86. The van der Waals surface area contributed by atoms with Crippen LogP contribution in [0.1, 0.15) is 62.5 Å². The summed E-state index contributed by atoms with van der Waals surface area (Å²) in [4.78, 5) is 0. The van der Waals surface area contributed by atoms with Crippen molar-refractivity contribution in [3.63, 3.8) is 0 Å². The van der Waals surface area contributed by atoms with Crippen molar-refractivity contribution in [2.24, 2.45) is 11.8 Å². The molecule has 3 rings (SSSR count). The normalized spacial score (nSPS) is 18.3. The van der Waals surface area contributed by atoms with E-state index in [2.05, 4.69) is 37.1 Å². The number of hydrogen-bond donors (Lipinski definition) is 0. The van der Waals surface area contributed by atoms with Gasteiger partial charge >= 0.3 is 0 Å². The molecule has 2 saturated carbocycles. The molecule has 0 spiro atoms. The van der Waals surface area contributed by atoms with E-state index in [1.807, 2.05) is 0 Å². The maximum atomic E-state index is 2.46. The van der Waals surface area contributed by atoms with Gasteiger partial charge in [0.2, 0.25) is 0 Å². The van der Waals surface area contributed by atoms with Crippen LogP contribution in [-0.4, -0.2) is 116 Å². The van der Waals surface area contributed by atoms with Gasteiger partial charge in [-0.2, -0.15) is 25.7 Å². The van der Waals surface area contributed by atoms with Crippen LogP contribution < -0.4 is 0 Å². The van der Waals surface area contributed by atoms with E-state index in [0.29, 0.717) is 0 Å². The molecule has 0 unspecified atom stereocenters. The maximum Gasteiger partial charge on any atom is 0 e. The zero-order chi connectivity index (χ0) is 13.6. The van der Waals surface area contributed by atoms with Gasteiger partial charge in [-0.05, 0) is 35.8 Å². The van der Waals surface area contributed by atoms with Crippen LogP contribution in [0.5, 0.6) is 0 Å². The van der Waals surface area contributed by atoms with Crippen LogP contribution >= 0.6 is 0 Å². The summed E-state index contributed by atoms with van der Waals surface area (Å²) in [7, 11) is 0. The van der Waals surface area contributed by atoms with Crippen molar-refractivity contribution in [3.05, 3.63) is 48.2 Å². The van der Waals surface area contributed by atoms with E-state index in [1.165, 1.54) is 64.2 Å². The number of rotatable bonds is 4. The van der Waals surface area contributed by atoms with E-state index < -0.39 is 0 Å². The summed E-state index contributed by atoms with van der Waals surface area (Å²) in [5, 5.41) is 0. The Hall–Kier alpha value is 5.04. The Kier molecular flexibility index (Phi) is 24.4. The molecule has 0 nitrogen and oxygen atoms in total. The summed E-state index contributed by atoms with van der Waals surface area (Å²) in [6, 6.07) is 9.57. The third kappa shape index (κ3) is 12.0. The molecular weight excluding hydrogens is 589 g/mol. The second-order valence-electron chi connectivity index (χ2n) is 6.84. The molecule has 1 aromatic rings. The zero-order valence-corrected chi connectivity index (χ0v) is 31.4. The molecule has 24 heavy (non-hydrogen) atoms. The molecule has 0 amide bonds. The van der Waals surface area contributed by atoms with E-state index >= 15 is 0 Å². The van der Waals surface area contributed by atoms with Crippen molar-refractivity contribution in [2.75, 3.05) is 0 Å². The summed E-state index contributed by atoms with van der Waals surface area (Å²) >= 11 is 0. The average Bonchev–Trinajstić information content (AvgIpc) is 2.51. The van der Waals surface area contributed by atoms with Crippen LogP contribution in [0.4, 0.5) is 0 Å².